The largest absolute Gasteiger partial charge is 0.394 e. The molecule has 1 aliphatic heterocycles. The average molecular weight is 712 g/mol. The Balaban J connectivity index is 2.40. The maximum Gasteiger partial charge on any atom is 0.220 e. The number of unbranched alkanes of at least 4 members (excludes halogenated alkanes) is 19. The van der Waals surface area contributed by atoms with E-state index in [1.54, 1.807) is 0 Å². The smallest absolute Gasteiger partial charge is 0.220 e. The van der Waals surface area contributed by atoms with Crippen LogP contribution < -0.4 is 5.32 Å². The molecule has 0 spiro atoms. The van der Waals surface area contributed by atoms with Crippen LogP contribution in [0, 0.1) is 0 Å². The van der Waals surface area contributed by atoms with Crippen molar-refractivity contribution >= 4 is 5.91 Å². The number of nitrogens with one attached hydrogen (secondary N) is 1. The molecule has 1 saturated heterocycles. The summed E-state index contributed by atoms with van der Waals surface area (Å²) in [7, 11) is 0. The molecule has 1 fully saturated rings. The summed E-state index contributed by atoms with van der Waals surface area (Å²) in [5.41, 5.74) is 0. The first-order valence-electron chi connectivity index (χ1n) is 20.5. The summed E-state index contributed by atoms with van der Waals surface area (Å²) in [6.45, 7) is 3.74. The van der Waals surface area contributed by atoms with Gasteiger partial charge in [0.25, 0.3) is 0 Å². The molecule has 0 aliphatic carbocycles. The van der Waals surface area contributed by atoms with E-state index in [0.29, 0.717) is 12.8 Å². The minimum atomic E-state index is -1.55. The van der Waals surface area contributed by atoms with Crippen molar-refractivity contribution in [3.05, 3.63) is 24.3 Å². The van der Waals surface area contributed by atoms with Gasteiger partial charge >= 0.3 is 0 Å². The zero-order valence-corrected chi connectivity index (χ0v) is 31.9. The number of aliphatic hydroxyl groups excluding tert-OH is 5. The first kappa shape index (κ1) is 46.7. The molecule has 50 heavy (non-hydrogen) atoms. The van der Waals surface area contributed by atoms with E-state index in [2.05, 4.69) is 43.5 Å². The molecule has 1 amide bonds. The van der Waals surface area contributed by atoms with Crippen LogP contribution in [0.4, 0.5) is 0 Å². The number of carbonyl (C=O) groups is 1. The summed E-state index contributed by atoms with van der Waals surface area (Å²) < 4.78 is 11.2. The van der Waals surface area contributed by atoms with E-state index in [9.17, 15) is 30.3 Å². The van der Waals surface area contributed by atoms with Crippen LogP contribution in [0.15, 0.2) is 24.3 Å². The maximum atomic E-state index is 12.9. The molecule has 1 aliphatic rings. The normalized spacial score (nSPS) is 22.4. The van der Waals surface area contributed by atoms with Crippen molar-refractivity contribution in [3.8, 4) is 0 Å². The highest BCUT2D eigenvalue weighted by Gasteiger charge is 2.44. The number of rotatable bonds is 33. The van der Waals surface area contributed by atoms with Gasteiger partial charge in [0.2, 0.25) is 5.91 Å². The predicted molar refractivity (Wildman–Crippen MR) is 203 cm³/mol. The van der Waals surface area contributed by atoms with E-state index in [1.807, 2.05) is 0 Å². The molecule has 9 heteroatoms. The Morgan fingerprint density at radius 3 is 1.80 bits per heavy atom. The van der Waals surface area contributed by atoms with Gasteiger partial charge in [-0.2, -0.15) is 0 Å². The minimum absolute atomic E-state index is 0.143. The van der Waals surface area contributed by atoms with E-state index in [1.165, 1.54) is 77.0 Å². The van der Waals surface area contributed by atoms with Crippen molar-refractivity contribution < 1.29 is 39.8 Å². The zero-order chi connectivity index (χ0) is 36.7. The van der Waals surface area contributed by atoms with Crippen molar-refractivity contribution in [2.45, 2.75) is 217 Å². The van der Waals surface area contributed by atoms with Crippen LogP contribution in [0.2, 0.25) is 0 Å². The Kier molecular flexibility index (Phi) is 30.2. The van der Waals surface area contributed by atoms with Gasteiger partial charge in [-0.05, 0) is 38.5 Å². The first-order valence-corrected chi connectivity index (χ1v) is 20.5. The predicted octanol–water partition coefficient (Wildman–Crippen LogP) is 7.55. The lowest BCUT2D eigenvalue weighted by Crippen LogP contribution is -2.60. The summed E-state index contributed by atoms with van der Waals surface area (Å²) in [4.78, 5) is 12.9. The molecule has 1 heterocycles. The Bertz CT molecular complexity index is 837. The molecule has 9 nitrogen and oxygen atoms in total. The van der Waals surface area contributed by atoms with Gasteiger partial charge in [0.15, 0.2) is 6.29 Å². The number of allylic oxidation sites excluding steroid dienone is 4. The summed E-state index contributed by atoms with van der Waals surface area (Å²) >= 11 is 0. The van der Waals surface area contributed by atoms with Crippen molar-refractivity contribution in [2.24, 2.45) is 0 Å². The molecule has 7 atom stereocenters. The number of hydrogen-bond acceptors (Lipinski definition) is 8. The summed E-state index contributed by atoms with van der Waals surface area (Å²) in [5, 5.41) is 54.1. The fourth-order valence-corrected chi connectivity index (χ4v) is 6.43. The lowest BCUT2D eigenvalue weighted by Gasteiger charge is -2.40. The van der Waals surface area contributed by atoms with Crippen LogP contribution in [0.25, 0.3) is 0 Å². The minimum Gasteiger partial charge on any atom is -0.394 e. The second kappa shape index (κ2) is 32.3. The van der Waals surface area contributed by atoms with Gasteiger partial charge in [-0.25, -0.2) is 0 Å². The quantitative estimate of drug-likeness (QED) is 0.0302. The fraction of sp³-hybridized carbons (Fsp3) is 0.878. The summed E-state index contributed by atoms with van der Waals surface area (Å²) in [5.74, 6) is -0.161. The summed E-state index contributed by atoms with van der Waals surface area (Å²) in [6.07, 6.45) is 28.9. The van der Waals surface area contributed by atoms with Crippen LogP contribution in [-0.2, 0) is 14.3 Å². The number of aliphatic hydroxyl groups is 5. The topological polar surface area (TPSA) is 149 Å². The molecule has 0 radical (unpaired) electrons. The van der Waals surface area contributed by atoms with E-state index >= 15 is 0 Å². The standard InChI is InChI=1S/C41H77NO8/c1-3-5-7-9-11-13-15-17-19-20-22-24-26-28-30-35(44)34(33-49-41-40(48)39(47)38(46)36(32-43)50-41)42-37(45)31-29-27-25-23-21-18-16-14-12-10-8-6-4-2/h8,10,14,16,34-36,38-41,43-44,46-48H,3-7,9,11-13,15,17-33H2,1-2H3,(H,42,45)/b10-8-,16-14-. The Hall–Kier alpha value is -1.33. The molecular formula is C41H77NO8. The second-order valence-corrected chi connectivity index (χ2v) is 14.4. The highest BCUT2D eigenvalue weighted by atomic mass is 16.7. The molecule has 0 aromatic rings. The highest BCUT2D eigenvalue weighted by molar-refractivity contribution is 5.76. The molecule has 294 valence electrons. The Morgan fingerprint density at radius 2 is 1.22 bits per heavy atom. The number of amides is 1. The van der Waals surface area contributed by atoms with Gasteiger partial charge in [0.1, 0.15) is 24.4 Å². The van der Waals surface area contributed by atoms with Gasteiger partial charge in [0.05, 0.1) is 25.4 Å². The SMILES string of the molecule is CCC/C=C\C/C=C\CCCCCCCC(=O)NC(COC1OC(CO)C(O)C(O)C1O)C(O)CCCCCCCCCCCCCCCC. The lowest BCUT2D eigenvalue weighted by atomic mass is 9.99. The van der Waals surface area contributed by atoms with E-state index in [-0.39, 0.29) is 12.5 Å². The molecule has 0 aromatic carbocycles. The molecular weight excluding hydrogens is 634 g/mol. The third-order valence-corrected chi connectivity index (χ3v) is 9.79. The molecule has 0 bridgehead atoms. The van der Waals surface area contributed by atoms with Gasteiger partial charge in [-0.15, -0.1) is 0 Å². The van der Waals surface area contributed by atoms with Crippen molar-refractivity contribution in [3.63, 3.8) is 0 Å². The van der Waals surface area contributed by atoms with Gasteiger partial charge in [-0.1, -0.05) is 154 Å². The Morgan fingerprint density at radius 1 is 0.680 bits per heavy atom. The van der Waals surface area contributed by atoms with Crippen LogP contribution in [-0.4, -0.2) is 87.5 Å². The van der Waals surface area contributed by atoms with Crippen molar-refractivity contribution in [1.29, 1.82) is 0 Å². The van der Waals surface area contributed by atoms with Crippen molar-refractivity contribution in [1.82, 2.24) is 5.32 Å². The molecule has 1 rings (SSSR count). The lowest BCUT2D eigenvalue weighted by molar-refractivity contribution is -0.302. The van der Waals surface area contributed by atoms with E-state index in [4.69, 9.17) is 9.47 Å². The molecule has 0 saturated carbocycles. The number of hydrogen-bond donors (Lipinski definition) is 6. The third kappa shape index (κ3) is 23.3. The van der Waals surface area contributed by atoms with Gasteiger partial charge < -0.3 is 40.3 Å². The highest BCUT2D eigenvalue weighted by Crippen LogP contribution is 2.23. The number of carbonyl (C=O) groups excluding carboxylic acids is 1. The third-order valence-electron chi connectivity index (χ3n) is 9.79. The van der Waals surface area contributed by atoms with Crippen molar-refractivity contribution in [2.75, 3.05) is 13.2 Å². The monoisotopic (exact) mass is 712 g/mol. The summed E-state index contributed by atoms with van der Waals surface area (Å²) in [6, 6.07) is -0.722. The number of ether oxygens (including phenoxy) is 2. The Labute approximate surface area is 305 Å². The van der Waals surface area contributed by atoms with Gasteiger partial charge in [0, 0.05) is 6.42 Å². The van der Waals surface area contributed by atoms with Gasteiger partial charge in [-0.3, -0.25) is 4.79 Å². The van der Waals surface area contributed by atoms with E-state index < -0.39 is 49.5 Å². The molecule has 7 unspecified atom stereocenters. The fourth-order valence-electron chi connectivity index (χ4n) is 6.43. The average Bonchev–Trinajstić information content (AvgIpc) is 3.11. The second-order valence-electron chi connectivity index (χ2n) is 14.4. The van der Waals surface area contributed by atoms with Crippen LogP contribution in [0.5, 0.6) is 0 Å². The zero-order valence-electron chi connectivity index (χ0n) is 31.9. The van der Waals surface area contributed by atoms with E-state index in [0.717, 1.165) is 70.6 Å². The molecule has 6 N–H and O–H groups in total. The van der Waals surface area contributed by atoms with Crippen LogP contribution in [0.1, 0.15) is 174 Å². The first-order chi connectivity index (χ1) is 24.3. The van der Waals surface area contributed by atoms with Crippen LogP contribution >= 0.6 is 0 Å². The molecule has 0 aromatic heterocycles. The maximum absolute atomic E-state index is 12.9. The van der Waals surface area contributed by atoms with Crippen LogP contribution in [0.3, 0.4) is 0 Å².